The highest BCUT2D eigenvalue weighted by Crippen LogP contribution is 2.24. The Morgan fingerprint density at radius 3 is 2.19 bits per heavy atom. The van der Waals surface area contributed by atoms with E-state index in [9.17, 15) is 10.1 Å². The monoisotopic (exact) mass is 293 g/mol. The Morgan fingerprint density at radius 2 is 1.76 bits per heavy atom. The van der Waals surface area contributed by atoms with E-state index < -0.39 is 0 Å². The first-order valence-electron chi connectivity index (χ1n) is 7.50. The highest BCUT2D eigenvalue weighted by Gasteiger charge is 2.15. The van der Waals surface area contributed by atoms with E-state index in [2.05, 4.69) is 37.9 Å². The molecule has 0 aliphatic rings. The fourth-order valence-corrected chi connectivity index (χ4v) is 2.55. The molecule has 5 heteroatoms. The van der Waals surface area contributed by atoms with Crippen LogP contribution in [0.4, 0.5) is 11.4 Å². The van der Waals surface area contributed by atoms with Crippen molar-refractivity contribution >= 4 is 11.4 Å². The molecular formula is C16H27N3O2. The van der Waals surface area contributed by atoms with Crippen molar-refractivity contribution in [1.29, 1.82) is 0 Å². The molecule has 0 fully saturated rings. The van der Waals surface area contributed by atoms with Gasteiger partial charge in [0.05, 0.1) is 4.92 Å². The van der Waals surface area contributed by atoms with Gasteiger partial charge in [0.15, 0.2) is 0 Å². The molecule has 1 aromatic carbocycles. The second-order valence-corrected chi connectivity index (χ2v) is 6.33. The van der Waals surface area contributed by atoms with E-state index in [4.69, 9.17) is 0 Å². The summed E-state index contributed by atoms with van der Waals surface area (Å²) in [6.45, 7) is 11.5. The summed E-state index contributed by atoms with van der Waals surface area (Å²) in [5.41, 5.74) is 2.09. The topological polar surface area (TPSA) is 58.4 Å². The first-order chi connectivity index (χ1) is 9.83. The molecule has 0 bridgehead atoms. The smallest absolute Gasteiger partial charge is 0.269 e. The molecule has 0 aliphatic heterocycles. The lowest BCUT2D eigenvalue weighted by molar-refractivity contribution is -0.384. The molecule has 0 heterocycles. The van der Waals surface area contributed by atoms with Gasteiger partial charge in [-0.3, -0.25) is 15.0 Å². The average Bonchev–Trinajstić information content (AvgIpc) is 2.36. The summed E-state index contributed by atoms with van der Waals surface area (Å²) in [5.74, 6) is 1.14. The zero-order valence-electron chi connectivity index (χ0n) is 13.7. The van der Waals surface area contributed by atoms with Gasteiger partial charge in [0.1, 0.15) is 0 Å². The molecule has 5 nitrogen and oxygen atoms in total. The average molecular weight is 293 g/mol. The van der Waals surface area contributed by atoms with Gasteiger partial charge in [0.2, 0.25) is 0 Å². The Balaban J connectivity index is 2.99. The van der Waals surface area contributed by atoms with Crippen molar-refractivity contribution in [3.8, 4) is 0 Å². The number of nitro benzene ring substituents is 1. The third-order valence-electron chi connectivity index (χ3n) is 3.21. The Hall–Kier alpha value is -1.62. The van der Waals surface area contributed by atoms with E-state index in [0.717, 1.165) is 30.9 Å². The number of anilines is 1. The number of hydrogen-bond acceptors (Lipinski definition) is 4. The van der Waals surface area contributed by atoms with Crippen molar-refractivity contribution in [3.63, 3.8) is 0 Å². The zero-order valence-corrected chi connectivity index (χ0v) is 13.7. The van der Waals surface area contributed by atoms with Gasteiger partial charge < -0.3 is 5.32 Å². The van der Waals surface area contributed by atoms with Gasteiger partial charge in [-0.15, -0.1) is 0 Å². The van der Waals surface area contributed by atoms with Crippen LogP contribution in [0.2, 0.25) is 0 Å². The van der Waals surface area contributed by atoms with E-state index in [0.29, 0.717) is 11.8 Å². The summed E-state index contributed by atoms with van der Waals surface area (Å²) >= 11 is 0. The number of rotatable bonds is 8. The molecule has 0 spiro atoms. The van der Waals surface area contributed by atoms with Gasteiger partial charge in [0, 0.05) is 44.5 Å². The minimum absolute atomic E-state index is 0.151. The third kappa shape index (κ3) is 5.71. The van der Waals surface area contributed by atoms with Crippen LogP contribution in [0, 0.1) is 22.0 Å². The van der Waals surface area contributed by atoms with Gasteiger partial charge in [-0.05, 0) is 23.5 Å². The van der Waals surface area contributed by atoms with Crippen molar-refractivity contribution in [1.82, 2.24) is 4.90 Å². The predicted octanol–water partition coefficient (Wildman–Crippen LogP) is 3.75. The molecule has 1 aromatic rings. The van der Waals surface area contributed by atoms with Crippen LogP contribution in [0.5, 0.6) is 0 Å². The highest BCUT2D eigenvalue weighted by atomic mass is 16.6. The molecule has 21 heavy (non-hydrogen) atoms. The molecule has 0 saturated heterocycles. The number of nitrogens with zero attached hydrogens (tertiary/aromatic N) is 2. The largest absolute Gasteiger partial charge is 0.388 e. The maximum atomic E-state index is 11.0. The van der Waals surface area contributed by atoms with Crippen molar-refractivity contribution in [2.45, 2.75) is 34.2 Å². The molecule has 0 aliphatic carbocycles. The number of nitro groups is 1. The SMILES string of the molecule is CNc1ccc([N+](=O)[O-])cc1CN(CC(C)C)CC(C)C. The van der Waals surface area contributed by atoms with E-state index >= 15 is 0 Å². The predicted molar refractivity (Wildman–Crippen MR) is 87.6 cm³/mol. The summed E-state index contributed by atoms with van der Waals surface area (Å²) in [7, 11) is 1.85. The second kappa shape index (κ2) is 7.98. The number of non-ortho nitro benzene ring substituents is 1. The van der Waals surface area contributed by atoms with Gasteiger partial charge in [0.25, 0.3) is 5.69 Å². The van der Waals surface area contributed by atoms with Crippen LogP contribution in [-0.4, -0.2) is 30.0 Å². The summed E-state index contributed by atoms with van der Waals surface area (Å²) in [6, 6.07) is 5.01. The van der Waals surface area contributed by atoms with Gasteiger partial charge in [-0.25, -0.2) is 0 Å². The van der Waals surface area contributed by atoms with E-state index in [1.54, 1.807) is 18.2 Å². The Kier molecular flexibility index (Phi) is 6.62. The first kappa shape index (κ1) is 17.4. The Morgan fingerprint density at radius 1 is 1.19 bits per heavy atom. The van der Waals surface area contributed by atoms with Gasteiger partial charge in [-0.1, -0.05) is 27.7 Å². The van der Waals surface area contributed by atoms with E-state index in [1.807, 2.05) is 7.05 Å². The molecule has 0 atom stereocenters. The first-order valence-corrected chi connectivity index (χ1v) is 7.50. The van der Waals surface area contributed by atoms with Crippen molar-refractivity contribution < 1.29 is 4.92 Å². The van der Waals surface area contributed by atoms with Crippen LogP contribution in [0.3, 0.4) is 0 Å². The third-order valence-corrected chi connectivity index (χ3v) is 3.21. The molecule has 0 saturated carbocycles. The quantitative estimate of drug-likeness (QED) is 0.586. The van der Waals surface area contributed by atoms with E-state index in [-0.39, 0.29) is 10.6 Å². The zero-order chi connectivity index (χ0) is 16.0. The van der Waals surface area contributed by atoms with Crippen LogP contribution in [0.25, 0.3) is 0 Å². The minimum atomic E-state index is -0.335. The maximum Gasteiger partial charge on any atom is 0.269 e. The van der Waals surface area contributed by atoms with Crippen LogP contribution >= 0.6 is 0 Å². The molecule has 1 N–H and O–H groups in total. The van der Waals surface area contributed by atoms with Crippen LogP contribution in [0.15, 0.2) is 18.2 Å². The molecule has 0 unspecified atom stereocenters. The fraction of sp³-hybridized carbons (Fsp3) is 0.625. The maximum absolute atomic E-state index is 11.0. The van der Waals surface area contributed by atoms with Crippen LogP contribution < -0.4 is 5.32 Å². The molecular weight excluding hydrogens is 266 g/mol. The van der Waals surface area contributed by atoms with Crippen LogP contribution in [-0.2, 0) is 6.54 Å². The number of benzene rings is 1. The second-order valence-electron chi connectivity index (χ2n) is 6.33. The normalized spacial score (nSPS) is 11.4. The molecule has 0 aromatic heterocycles. The molecule has 0 amide bonds. The lowest BCUT2D eigenvalue weighted by atomic mass is 10.1. The van der Waals surface area contributed by atoms with Crippen LogP contribution in [0.1, 0.15) is 33.3 Å². The summed E-state index contributed by atoms with van der Waals surface area (Å²) in [4.78, 5) is 13.0. The number of nitrogens with one attached hydrogen (secondary N) is 1. The van der Waals surface area contributed by atoms with Gasteiger partial charge in [-0.2, -0.15) is 0 Å². The molecule has 1 rings (SSSR count). The highest BCUT2D eigenvalue weighted by molar-refractivity contribution is 5.55. The lowest BCUT2D eigenvalue weighted by Crippen LogP contribution is -2.31. The minimum Gasteiger partial charge on any atom is -0.388 e. The Bertz CT molecular complexity index is 463. The van der Waals surface area contributed by atoms with Crippen molar-refractivity contribution in [2.75, 3.05) is 25.5 Å². The molecule has 118 valence electrons. The summed E-state index contributed by atoms with van der Waals surface area (Å²) < 4.78 is 0. The summed E-state index contributed by atoms with van der Waals surface area (Å²) in [5, 5.41) is 14.1. The van der Waals surface area contributed by atoms with Crippen molar-refractivity contribution in [2.24, 2.45) is 11.8 Å². The standard InChI is InChI=1S/C16H27N3O2/c1-12(2)9-18(10-13(3)4)11-14-8-15(19(20)21)6-7-16(14)17-5/h6-8,12-13,17H,9-11H2,1-5H3. The number of hydrogen-bond donors (Lipinski definition) is 1. The van der Waals surface area contributed by atoms with Gasteiger partial charge >= 0.3 is 0 Å². The molecule has 0 radical (unpaired) electrons. The lowest BCUT2D eigenvalue weighted by Gasteiger charge is -2.27. The van der Waals surface area contributed by atoms with Crippen molar-refractivity contribution in [3.05, 3.63) is 33.9 Å². The fourth-order valence-electron chi connectivity index (χ4n) is 2.55. The Labute approximate surface area is 127 Å². The summed E-state index contributed by atoms with van der Waals surface area (Å²) in [6.07, 6.45) is 0. The van der Waals surface area contributed by atoms with E-state index in [1.165, 1.54) is 0 Å².